The quantitative estimate of drug-likeness (QED) is 0.883. The molecule has 1 aliphatic heterocycles. The van der Waals surface area contributed by atoms with Crippen LogP contribution in [-0.4, -0.2) is 44.5 Å². The fraction of sp³-hybridized carbons (Fsp3) is 0.429. The van der Waals surface area contributed by atoms with Crippen LogP contribution in [0, 0.1) is 11.3 Å². The van der Waals surface area contributed by atoms with Gasteiger partial charge in [0.15, 0.2) is 0 Å². The molecule has 0 aromatic heterocycles. The van der Waals surface area contributed by atoms with Crippen LogP contribution in [0.2, 0.25) is 0 Å². The molecule has 5 heteroatoms. The highest BCUT2D eigenvalue weighted by atomic mass is 16.2. The average molecular weight is 258 g/mol. The predicted molar refractivity (Wildman–Crippen MR) is 75.2 cm³/mol. The van der Waals surface area contributed by atoms with E-state index in [1.807, 2.05) is 20.2 Å². The van der Waals surface area contributed by atoms with E-state index in [4.69, 9.17) is 5.26 Å². The van der Waals surface area contributed by atoms with Crippen molar-refractivity contribution in [1.82, 2.24) is 4.90 Å². The van der Waals surface area contributed by atoms with Crippen molar-refractivity contribution in [1.29, 1.82) is 5.26 Å². The van der Waals surface area contributed by atoms with Gasteiger partial charge in [0.25, 0.3) is 0 Å². The molecule has 1 aliphatic rings. The second-order valence-corrected chi connectivity index (χ2v) is 4.97. The van der Waals surface area contributed by atoms with Crippen LogP contribution in [0.5, 0.6) is 0 Å². The molecule has 100 valence electrons. The van der Waals surface area contributed by atoms with Crippen LogP contribution in [0.4, 0.5) is 11.4 Å². The zero-order valence-corrected chi connectivity index (χ0v) is 11.3. The summed E-state index contributed by atoms with van der Waals surface area (Å²) in [6.45, 7) is 2.21. The van der Waals surface area contributed by atoms with Crippen molar-refractivity contribution in [3.63, 3.8) is 0 Å². The molecule has 1 N–H and O–H groups in total. The van der Waals surface area contributed by atoms with Gasteiger partial charge in [-0.2, -0.15) is 5.26 Å². The number of carbonyl (C=O) groups is 1. The van der Waals surface area contributed by atoms with Crippen LogP contribution in [0.3, 0.4) is 0 Å². The number of nitriles is 1. The minimum Gasteiger partial charge on any atom is -0.360 e. The summed E-state index contributed by atoms with van der Waals surface area (Å²) in [4.78, 5) is 15.9. The summed E-state index contributed by atoms with van der Waals surface area (Å²) in [5, 5.41) is 11.7. The molecule has 1 aromatic carbocycles. The topological polar surface area (TPSA) is 59.4 Å². The first kappa shape index (κ1) is 13.4. The molecular formula is C14H18N4O. The molecule has 0 spiro atoms. The standard InChI is InChI=1S/C14H18N4O/c1-17(2)6-3-7-18-10-14(19)16-12-8-11(9-15)4-5-13(12)18/h4-5,8H,3,6-7,10H2,1-2H3,(H,16,19). The van der Waals surface area contributed by atoms with E-state index in [0.717, 1.165) is 30.9 Å². The molecule has 0 saturated heterocycles. The monoisotopic (exact) mass is 258 g/mol. The third-order valence-electron chi connectivity index (χ3n) is 3.11. The van der Waals surface area contributed by atoms with Gasteiger partial charge in [0.05, 0.1) is 29.6 Å². The predicted octanol–water partition coefficient (Wildman–Crippen LogP) is 1.27. The van der Waals surface area contributed by atoms with Gasteiger partial charge >= 0.3 is 0 Å². The van der Waals surface area contributed by atoms with Gasteiger partial charge in [-0.15, -0.1) is 0 Å². The fourth-order valence-electron chi connectivity index (χ4n) is 2.21. The Labute approximate surface area is 113 Å². The van der Waals surface area contributed by atoms with E-state index in [1.165, 1.54) is 0 Å². The second-order valence-electron chi connectivity index (χ2n) is 4.97. The third kappa shape index (κ3) is 3.24. The number of benzene rings is 1. The smallest absolute Gasteiger partial charge is 0.243 e. The summed E-state index contributed by atoms with van der Waals surface area (Å²) >= 11 is 0. The number of hydrogen-bond acceptors (Lipinski definition) is 4. The van der Waals surface area contributed by atoms with Crippen molar-refractivity contribution < 1.29 is 4.79 Å². The minimum atomic E-state index is -0.0209. The van der Waals surface area contributed by atoms with Crippen molar-refractivity contribution in [2.45, 2.75) is 6.42 Å². The first-order chi connectivity index (χ1) is 9.10. The highest BCUT2D eigenvalue weighted by molar-refractivity contribution is 6.01. The van der Waals surface area contributed by atoms with Crippen LogP contribution in [0.15, 0.2) is 18.2 Å². The zero-order chi connectivity index (χ0) is 13.8. The third-order valence-corrected chi connectivity index (χ3v) is 3.11. The Hall–Kier alpha value is -2.06. The van der Waals surface area contributed by atoms with E-state index in [-0.39, 0.29) is 5.91 Å². The highest BCUT2D eigenvalue weighted by Crippen LogP contribution is 2.30. The Bertz CT molecular complexity index is 519. The van der Waals surface area contributed by atoms with Crippen molar-refractivity contribution in [2.24, 2.45) is 0 Å². The van der Waals surface area contributed by atoms with Crippen molar-refractivity contribution in [2.75, 3.05) is 43.9 Å². The molecule has 5 nitrogen and oxygen atoms in total. The lowest BCUT2D eigenvalue weighted by atomic mass is 10.1. The Morgan fingerprint density at radius 1 is 1.47 bits per heavy atom. The molecule has 19 heavy (non-hydrogen) atoms. The maximum atomic E-state index is 11.7. The summed E-state index contributed by atoms with van der Waals surface area (Å²) in [6, 6.07) is 7.51. The Morgan fingerprint density at radius 2 is 2.26 bits per heavy atom. The van der Waals surface area contributed by atoms with Crippen LogP contribution in [0.25, 0.3) is 0 Å². The van der Waals surface area contributed by atoms with E-state index in [1.54, 1.807) is 12.1 Å². The maximum Gasteiger partial charge on any atom is 0.243 e. The average Bonchev–Trinajstić information content (AvgIpc) is 2.37. The molecule has 0 saturated carbocycles. The number of carbonyl (C=O) groups excluding carboxylic acids is 1. The van der Waals surface area contributed by atoms with Crippen LogP contribution in [0.1, 0.15) is 12.0 Å². The summed E-state index contributed by atoms with van der Waals surface area (Å²) in [5.74, 6) is -0.0209. The van der Waals surface area contributed by atoms with Gasteiger partial charge in [-0.05, 0) is 45.3 Å². The molecule has 0 bridgehead atoms. The Kier molecular flexibility index (Phi) is 4.03. The molecule has 0 fully saturated rings. The van der Waals surface area contributed by atoms with E-state index in [2.05, 4.69) is 21.2 Å². The summed E-state index contributed by atoms with van der Waals surface area (Å²) in [7, 11) is 4.08. The number of amides is 1. The van der Waals surface area contributed by atoms with Gasteiger partial charge in [-0.3, -0.25) is 4.79 Å². The van der Waals surface area contributed by atoms with Crippen molar-refractivity contribution in [3.8, 4) is 6.07 Å². The molecule has 2 rings (SSSR count). The van der Waals surface area contributed by atoms with Gasteiger partial charge in [0.1, 0.15) is 0 Å². The van der Waals surface area contributed by atoms with Gasteiger partial charge in [0, 0.05) is 6.54 Å². The molecule has 0 radical (unpaired) electrons. The molecule has 1 amide bonds. The zero-order valence-electron chi connectivity index (χ0n) is 11.3. The fourth-order valence-corrected chi connectivity index (χ4v) is 2.21. The molecule has 0 aliphatic carbocycles. The lowest BCUT2D eigenvalue weighted by molar-refractivity contribution is -0.115. The summed E-state index contributed by atoms with van der Waals surface area (Å²) < 4.78 is 0. The molecule has 1 heterocycles. The number of nitrogens with zero attached hydrogens (tertiary/aromatic N) is 3. The SMILES string of the molecule is CN(C)CCCN1CC(=O)Nc2cc(C#N)ccc21. The lowest BCUT2D eigenvalue weighted by Gasteiger charge is -2.31. The lowest BCUT2D eigenvalue weighted by Crippen LogP contribution is -2.39. The van der Waals surface area contributed by atoms with Gasteiger partial charge in [-0.1, -0.05) is 0 Å². The number of hydrogen-bond donors (Lipinski definition) is 1. The largest absolute Gasteiger partial charge is 0.360 e. The van der Waals surface area contributed by atoms with Crippen LogP contribution < -0.4 is 10.2 Å². The number of fused-ring (bicyclic) bond motifs is 1. The first-order valence-electron chi connectivity index (χ1n) is 6.34. The van der Waals surface area contributed by atoms with Gasteiger partial charge in [0.2, 0.25) is 5.91 Å². The number of rotatable bonds is 4. The van der Waals surface area contributed by atoms with E-state index in [9.17, 15) is 4.79 Å². The van der Waals surface area contributed by atoms with E-state index >= 15 is 0 Å². The molecule has 1 aromatic rings. The summed E-state index contributed by atoms with van der Waals surface area (Å²) in [6.07, 6.45) is 1.000. The summed E-state index contributed by atoms with van der Waals surface area (Å²) in [5.41, 5.74) is 2.30. The number of nitrogens with one attached hydrogen (secondary N) is 1. The van der Waals surface area contributed by atoms with Crippen molar-refractivity contribution >= 4 is 17.3 Å². The Morgan fingerprint density at radius 3 is 2.95 bits per heavy atom. The van der Waals surface area contributed by atoms with Gasteiger partial charge in [-0.25, -0.2) is 0 Å². The second kappa shape index (κ2) is 5.72. The number of anilines is 2. The Balaban J connectivity index is 2.15. The molecular weight excluding hydrogens is 240 g/mol. The maximum absolute atomic E-state index is 11.7. The van der Waals surface area contributed by atoms with E-state index < -0.39 is 0 Å². The molecule has 0 atom stereocenters. The normalized spacial score (nSPS) is 14.0. The molecule has 0 unspecified atom stereocenters. The van der Waals surface area contributed by atoms with E-state index in [0.29, 0.717) is 12.1 Å². The van der Waals surface area contributed by atoms with Crippen LogP contribution >= 0.6 is 0 Å². The van der Waals surface area contributed by atoms with Crippen LogP contribution in [-0.2, 0) is 4.79 Å². The van der Waals surface area contributed by atoms with Gasteiger partial charge < -0.3 is 15.1 Å². The highest BCUT2D eigenvalue weighted by Gasteiger charge is 2.21. The van der Waals surface area contributed by atoms with Crippen molar-refractivity contribution in [3.05, 3.63) is 23.8 Å². The first-order valence-corrected chi connectivity index (χ1v) is 6.34. The minimum absolute atomic E-state index is 0.0209.